The van der Waals surface area contributed by atoms with Gasteiger partial charge >= 0.3 is 0 Å². The predicted octanol–water partition coefficient (Wildman–Crippen LogP) is 9.89. The van der Waals surface area contributed by atoms with Crippen molar-refractivity contribution in [1.82, 2.24) is 4.57 Å². The Balaban J connectivity index is 1.39. The van der Waals surface area contributed by atoms with Crippen LogP contribution in [0.2, 0.25) is 0 Å². The number of benzene rings is 6. The molecule has 1 heterocycles. The Morgan fingerprint density at radius 2 is 0.897 bits per heavy atom. The number of fused-ring (bicyclic) bond motifs is 3. The number of rotatable bonds is 5. The van der Waals surface area contributed by atoms with Gasteiger partial charge in [-0.1, -0.05) is 97.1 Å². The van der Waals surface area contributed by atoms with Gasteiger partial charge in [0.25, 0.3) is 0 Å². The first kappa shape index (κ1) is 23.1. The van der Waals surface area contributed by atoms with E-state index in [-0.39, 0.29) is 0 Å². The third kappa shape index (κ3) is 4.17. The third-order valence-corrected chi connectivity index (χ3v) is 7.62. The zero-order valence-corrected chi connectivity index (χ0v) is 21.8. The second-order valence-corrected chi connectivity index (χ2v) is 9.94. The third-order valence-electron chi connectivity index (χ3n) is 7.62. The van der Waals surface area contributed by atoms with Crippen molar-refractivity contribution in [3.8, 4) is 27.9 Å². The molecule has 0 radical (unpaired) electrons. The molecule has 0 spiro atoms. The molecule has 0 N–H and O–H groups in total. The van der Waals surface area contributed by atoms with Crippen molar-refractivity contribution in [2.75, 3.05) is 11.9 Å². The van der Waals surface area contributed by atoms with E-state index in [1.807, 2.05) is 0 Å². The summed E-state index contributed by atoms with van der Waals surface area (Å²) in [7, 11) is 2.13. The fraction of sp³-hybridized carbons (Fsp3) is 0.0270. The monoisotopic (exact) mass is 500 g/mol. The van der Waals surface area contributed by atoms with Crippen LogP contribution in [0.3, 0.4) is 0 Å². The van der Waals surface area contributed by atoms with Gasteiger partial charge in [-0.05, 0) is 76.9 Å². The number of nitrogens with zero attached hydrogens (tertiary/aromatic N) is 2. The van der Waals surface area contributed by atoms with E-state index in [4.69, 9.17) is 0 Å². The van der Waals surface area contributed by atoms with Gasteiger partial charge in [0.1, 0.15) is 0 Å². The predicted molar refractivity (Wildman–Crippen MR) is 166 cm³/mol. The molecule has 0 aliphatic rings. The van der Waals surface area contributed by atoms with Crippen molar-refractivity contribution in [3.63, 3.8) is 0 Å². The molecular formula is C37H28N2. The van der Waals surface area contributed by atoms with Gasteiger partial charge in [0.2, 0.25) is 0 Å². The minimum absolute atomic E-state index is 1.17. The smallest absolute Gasteiger partial charge is 0.0542 e. The van der Waals surface area contributed by atoms with Gasteiger partial charge in [0.15, 0.2) is 0 Å². The molecule has 0 aliphatic carbocycles. The molecule has 2 nitrogen and oxygen atoms in total. The lowest BCUT2D eigenvalue weighted by Crippen LogP contribution is -2.08. The Labute approximate surface area is 229 Å². The molecule has 6 aromatic carbocycles. The second kappa shape index (κ2) is 9.66. The summed E-state index contributed by atoms with van der Waals surface area (Å²) >= 11 is 0. The van der Waals surface area contributed by atoms with Crippen LogP contribution in [0.1, 0.15) is 0 Å². The molecule has 0 bridgehead atoms. The molecule has 0 unspecified atom stereocenters. The topological polar surface area (TPSA) is 8.17 Å². The zero-order chi connectivity index (χ0) is 26.2. The highest BCUT2D eigenvalue weighted by Gasteiger charge is 2.15. The van der Waals surface area contributed by atoms with Gasteiger partial charge in [0.05, 0.1) is 11.0 Å². The molecule has 2 heteroatoms. The zero-order valence-electron chi connectivity index (χ0n) is 21.8. The molecule has 1 aromatic heterocycles. The molecule has 7 aromatic rings. The van der Waals surface area contributed by atoms with Gasteiger partial charge in [0, 0.05) is 34.9 Å². The number of aromatic nitrogens is 1. The van der Waals surface area contributed by atoms with Crippen molar-refractivity contribution < 1.29 is 0 Å². The SMILES string of the molecule is CN(c1ccccc1)c1ccc2c(c1)c1cc(-c3ccc(-c4ccccc4)cc3)ccc1n2-c1ccccc1. The Morgan fingerprint density at radius 1 is 0.410 bits per heavy atom. The van der Waals surface area contributed by atoms with Crippen LogP contribution in [0.4, 0.5) is 11.4 Å². The van der Waals surface area contributed by atoms with E-state index in [0.717, 1.165) is 0 Å². The highest BCUT2D eigenvalue weighted by atomic mass is 15.1. The maximum Gasteiger partial charge on any atom is 0.0542 e. The van der Waals surface area contributed by atoms with Crippen molar-refractivity contribution in [1.29, 1.82) is 0 Å². The summed E-state index contributed by atoms with van der Waals surface area (Å²) in [5.41, 5.74) is 10.8. The van der Waals surface area contributed by atoms with Crippen molar-refractivity contribution in [2.45, 2.75) is 0 Å². The molecule has 7 rings (SSSR count). The second-order valence-electron chi connectivity index (χ2n) is 9.94. The fourth-order valence-electron chi connectivity index (χ4n) is 5.54. The van der Waals surface area contributed by atoms with Crippen LogP contribution in [0.25, 0.3) is 49.7 Å². The van der Waals surface area contributed by atoms with Crippen molar-refractivity contribution in [3.05, 3.63) is 152 Å². The molecule has 0 saturated carbocycles. The standard InChI is InChI=1S/C37H28N2/c1-38(31-13-7-3-8-14-31)33-22-24-37-35(26-33)34-25-30(21-23-36(34)39(37)32-15-9-4-10-16-32)29-19-17-28(18-20-29)27-11-5-2-6-12-27/h2-26H,1H3. The lowest BCUT2D eigenvalue weighted by molar-refractivity contribution is 1.17. The van der Waals surface area contributed by atoms with Crippen LogP contribution in [0.15, 0.2) is 152 Å². The van der Waals surface area contributed by atoms with Crippen LogP contribution < -0.4 is 4.90 Å². The van der Waals surface area contributed by atoms with Crippen LogP contribution in [-0.2, 0) is 0 Å². The number of hydrogen-bond acceptors (Lipinski definition) is 1. The van der Waals surface area contributed by atoms with Gasteiger partial charge in [-0.15, -0.1) is 0 Å². The van der Waals surface area contributed by atoms with Crippen molar-refractivity contribution in [2.24, 2.45) is 0 Å². The minimum atomic E-state index is 1.17. The molecule has 0 saturated heterocycles. The molecule has 0 aliphatic heterocycles. The number of anilines is 2. The first-order valence-electron chi connectivity index (χ1n) is 13.3. The van der Waals surface area contributed by atoms with E-state index >= 15 is 0 Å². The number of hydrogen-bond donors (Lipinski definition) is 0. The average molecular weight is 501 g/mol. The summed E-state index contributed by atoms with van der Waals surface area (Å²) in [4.78, 5) is 2.25. The van der Waals surface area contributed by atoms with E-state index in [1.165, 1.54) is 61.1 Å². The van der Waals surface area contributed by atoms with E-state index < -0.39 is 0 Å². The fourth-order valence-corrected chi connectivity index (χ4v) is 5.54. The summed E-state index contributed by atoms with van der Waals surface area (Å²) < 4.78 is 2.37. The highest BCUT2D eigenvalue weighted by molar-refractivity contribution is 6.11. The Hall–Kier alpha value is -5.08. The van der Waals surface area contributed by atoms with Gasteiger partial charge < -0.3 is 9.47 Å². The molecule has 0 fully saturated rings. The summed E-state index contributed by atoms with van der Waals surface area (Å²) in [6.07, 6.45) is 0. The van der Waals surface area contributed by atoms with Gasteiger partial charge in [-0.3, -0.25) is 0 Å². The Kier molecular flexibility index (Phi) is 5.71. The van der Waals surface area contributed by atoms with E-state index in [2.05, 4.69) is 168 Å². The van der Waals surface area contributed by atoms with E-state index in [0.29, 0.717) is 0 Å². The molecular weight excluding hydrogens is 472 g/mol. The minimum Gasteiger partial charge on any atom is -0.345 e. The first-order valence-corrected chi connectivity index (χ1v) is 13.3. The Bertz CT molecular complexity index is 1890. The van der Waals surface area contributed by atoms with Gasteiger partial charge in [-0.25, -0.2) is 0 Å². The first-order chi connectivity index (χ1) is 19.3. The lowest BCUT2D eigenvalue weighted by Gasteiger charge is -2.19. The molecule has 0 amide bonds. The number of para-hydroxylation sites is 2. The molecule has 186 valence electrons. The molecule has 39 heavy (non-hydrogen) atoms. The average Bonchev–Trinajstić information content (AvgIpc) is 3.35. The van der Waals surface area contributed by atoms with E-state index in [9.17, 15) is 0 Å². The summed E-state index contributed by atoms with van der Waals surface area (Å²) in [6.45, 7) is 0. The Morgan fingerprint density at radius 3 is 1.56 bits per heavy atom. The lowest BCUT2D eigenvalue weighted by atomic mass is 9.99. The summed E-state index contributed by atoms with van der Waals surface area (Å²) in [6, 6.07) is 54.3. The maximum absolute atomic E-state index is 2.37. The quantitative estimate of drug-likeness (QED) is 0.228. The largest absolute Gasteiger partial charge is 0.345 e. The maximum atomic E-state index is 2.37. The van der Waals surface area contributed by atoms with Crippen LogP contribution >= 0.6 is 0 Å². The summed E-state index contributed by atoms with van der Waals surface area (Å²) in [5.74, 6) is 0. The van der Waals surface area contributed by atoms with Gasteiger partial charge in [-0.2, -0.15) is 0 Å². The molecule has 0 atom stereocenters. The van der Waals surface area contributed by atoms with E-state index in [1.54, 1.807) is 0 Å². The van der Waals surface area contributed by atoms with Crippen LogP contribution in [-0.4, -0.2) is 11.6 Å². The highest BCUT2D eigenvalue weighted by Crippen LogP contribution is 2.38. The normalized spacial score (nSPS) is 11.2. The van der Waals surface area contributed by atoms with Crippen molar-refractivity contribution >= 4 is 33.2 Å². The summed E-state index contributed by atoms with van der Waals surface area (Å²) in [5, 5.41) is 2.50. The van der Waals surface area contributed by atoms with Crippen LogP contribution in [0.5, 0.6) is 0 Å². The van der Waals surface area contributed by atoms with Crippen LogP contribution in [0, 0.1) is 0 Å².